The van der Waals surface area contributed by atoms with E-state index in [1.165, 1.54) is 0 Å². The van der Waals surface area contributed by atoms with Crippen LogP contribution in [0.2, 0.25) is 10.0 Å². The number of likely N-dealkylation sites (N-methyl/N-ethyl adjacent to an activating group) is 1. The van der Waals surface area contributed by atoms with Crippen LogP contribution in [-0.4, -0.2) is 67.9 Å². The first-order valence-electron chi connectivity index (χ1n) is 13.4. The summed E-state index contributed by atoms with van der Waals surface area (Å²) in [6.45, 7) is 3.66. The summed E-state index contributed by atoms with van der Waals surface area (Å²) in [5.74, 6) is 1.23. The number of methoxy groups -OCH3 is 1. The van der Waals surface area contributed by atoms with Crippen molar-refractivity contribution in [1.29, 1.82) is 0 Å². The molecule has 7 nitrogen and oxygen atoms in total. The van der Waals surface area contributed by atoms with Gasteiger partial charge in [0, 0.05) is 53.4 Å². The Labute approximate surface area is 244 Å². The van der Waals surface area contributed by atoms with Gasteiger partial charge < -0.3 is 24.1 Å². The van der Waals surface area contributed by atoms with Gasteiger partial charge in [-0.3, -0.25) is 4.90 Å². The summed E-state index contributed by atoms with van der Waals surface area (Å²) >= 11 is 12.3. The number of halogens is 2. The average molecular weight is 583 g/mol. The van der Waals surface area contributed by atoms with Gasteiger partial charge in [-0.05, 0) is 85.6 Å². The first-order valence-corrected chi connectivity index (χ1v) is 14.1. The number of hydrogen-bond acceptors (Lipinski definition) is 5. The van der Waals surface area contributed by atoms with Crippen LogP contribution in [0.15, 0.2) is 66.7 Å². The molecule has 0 aliphatic carbocycles. The Bertz CT molecular complexity index is 1440. The summed E-state index contributed by atoms with van der Waals surface area (Å²) in [4.78, 5) is 21.0. The van der Waals surface area contributed by atoms with E-state index in [2.05, 4.69) is 16.9 Å². The number of rotatable bonds is 10. The standard InChI is InChI=1S/C31H33Cl2N3O4/c1-35(17-19-38-2)15-3-18-39-24-9-4-21(5-10-24)30-29-26(27-20-23(33)8-13-28(27)34-29)14-16-36(30)31(37)40-25-11-6-22(32)7-12-25/h4-13,20,30,34H,3,14-19H2,1-2H3. The third-order valence-electron chi connectivity index (χ3n) is 7.17. The minimum atomic E-state index is -0.424. The monoisotopic (exact) mass is 581 g/mol. The van der Waals surface area contributed by atoms with Crippen LogP contribution >= 0.6 is 23.2 Å². The number of benzene rings is 3. The Kier molecular flexibility index (Phi) is 9.17. The van der Waals surface area contributed by atoms with E-state index in [0.29, 0.717) is 35.4 Å². The van der Waals surface area contributed by atoms with Gasteiger partial charge in [-0.1, -0.05) is 35.3 Å². The van der Waals surface area contributed by atoms with E-state index in [9.17, 15) is 4.79 Å². The van der Waals surface area contributed by atoms with Gasteiger partial charge >= 0.3 is 6.09 Å². The van der Waals surface area contributed by atoms with E-state index in [4.69, 9.17) is 37.4 Å². The second-order valence-corrected chi connectivity index (χ2v) is 10.8. The highest BCUT2D eigenvalue weighted by molar-refractivity contribution is 6.31. The van der Waals surface area contributed by atoms with Crippen LogP contribution < -0.4 is 9.47 Å². The highest BCUT2D eigenvalue weighted by atomic mass is 35.5. The van der Waals surface area contributed by atoms with Crippen LogP contribution in [0.5, 0.6) is 11.5 Å². The number of carbonyl (C=O) groups excluding carboxylic acids is 1. The lowest BCUT2D eigenvalue weighted by Crippen LogP contribution is -2.42. The number of nitrogens with one attached hydrogen (secondary N) is 1. The largest absolute Gasteiger partial charge is 0.494 e. The van der Waals surface area contributed by atoms with Crippen molar-refractivity contribution in [3.05, 3.63) is 93.6 Å². The van der Waals surface area contributed by atoms with Gasteiger partial charge in [0.1, 0.15) is 17.5 Å². The van der Waals surface area contributed by atoms with Crippen LogP contribution in [-0.2, 0) is 11.2 Å². The fraction of sp³-hybridized carbons (Fsp3) is 0.323. The maximum atomic E-state index is 13.5. The third kappa shape index (κ3) is 6.56. The molecular weight excluding hydrogens is 549 g/mol. The van der Waals surface area contributed by atoms with E-state index in [1.807, 2.05) is 42.5 Å². The number of aromatic amines is 1. The lowest BCUT2D eigenvalue weighted by atomic mass is 9.92. The first kappa shape index (κ1) is 28.3. The molecule has 1 unspecified atom stereocenters. The SMILES string of the molecule is COCCN(C)CCCOc1ccc(C2c3[nH]c4ccc(Cl)cc4c3CCN2C(=O)Oc2ccc(Cl)cc2)cc1. The first-order chi connectivity index (χ1) is 19.4. The summed E-state index contributed by atoms with van der Waals surface area (Å²) in [6.07, 6.45) is 1.17. The number of aromatic nitrogens is 1. The van der Waals surface area contributed by atoms with Gasteiger partial charge in [0.2, 0.25) is 0 Å². The Morgan fingerprint density at radius 2 is 1.70 bits per heavy atom. The molecule has 0 bridgehead atoms. The highest BCUT2D eigenvalue weighted by Gasteiger charge is 2.35. The van der Waals surface area contributed by atoms with E-state index < -0.39 is 6.09 Å². The molecule has 1 aromatic heterocycles. The molecule has 4 aromatic rings. The molecule has 0 fully saturated rings. The van der Waals surface area contributed by atoms with Crippen molar-refractivity contribution in [1.82, 2.24) is 14.8 Å². The molecular formula is C31H33Cl2N3O4. The molecule has 9 heteroatoms. The van der Waals surface area contributed by atoms with Crippen molar-refractivity contribution in [2.24, 2.45) is 0 Å². The van der Waals surface area contributed by atoms with E-state index >= 15 is 0 Å². The molecule has 3 aromatic carbocycles. The Morgan fingerprint density at radius 3 is 2.45 bits per heavy atom. The molecule has 2 heterocycles. The summed E-state index contributed by atoms with van der Waals surface area (Å²) in [5, 5.41) is 2.34. The second-order valence-electron chi connectivity index (χ2n) is 9.94. The van der Waals surface area contributed by atoms with Crippen molar-refractivity contribution in [2.75, 3.05) is 47.0 Å². The summed E-state index contributed by atoms with van der Waals surface area (Å²) in [7, 11) is 3.79. The van der Waals surface area contributed by atoms with E-state index in [1.54, 1.807) is 36.3 Å². The summed E-state index contributed by atoms with van der Waals surface area (Å²) in [6, 6.07) is 20.2. The number of H-pyrrole nitrogens is 1. The molecule has 0 spiro atoms. The average Bonchev–Trinajstić information content (AvgIpc) is 3.33. The van der Waals surface area contributed by atoms with Crippen molar-refractivity contribution in [3.63, 3.8) is 0 Å². The maximum absolute atomic E-state index is 13.5. The Hall–Kier alpha value is -3.23. The topological polar surface area (TPSA) is 67.0 Å². The Balaban J connectivity index is 1.36. The molecule has 1 aliphatic rings. The lowest BCUT2D eigenvalue weighted by Gasteiger charge is -2.35. The molecule has 1 amide bonds. The minimum absolute atomic E-state index is 0.363. The molecule has 0 saturated carbocycles. The predicted octanol–water partition coefficient (Wildman–Crippen LogP) is 6.97. The smallest absolute Gasteiger partial charge is 0.416 e. The molecule has 0 radical (unpaired) electrons. The molecule has 1 N–H and O–H groups in total. The van der Waals surface area contributed by atoms with Crippen LogP contribution in [0.4, 0.5) is 4.79 Å². The zero-order valence-electron chi connectivity index (χ0n) is 22.7. The van der Waals surface area contributed by atoms with Crippen molar-refractivity contribution >= 4 is 40.2 Å². The molecule has 40 heavy (non-hydrogen) atoms. The molecule has 1 aliphatic heterocycles. The molecule has 210 valence electrons. The predicted molar refractivity (Wildman–Crippen MR) is 159 cm³/mol. The van der Waals surface area contributed by atoms with Gasteiger partial charge in [0.05, 0.1) is 13.2 Å². The van der Waals surface area contributed by atoms with Crippen molar-refractivity contribution in [2.45, 2.75) is 18.9 Å². The van der Waals surface area contributed by atoms with Crippen molar-refractivity contribution in [3.8, 4) is 11.5 Å². The summed E-state index contributed by atoms with van der Waals surface area (Å²) in [5.41, 5.74) is 4.07. The second kappa shape index (κ2) is 13.0. The number of fused-ring (bicyclic) bond motifs is 3. The fourth-order valence-corrected chi connectivity index (χ4v) is 5.39. The van der Waals surface area contributed by atoms with Gasteiger partial charge in [0.15, 0.2) is 0 Å². The van der Waals surface area contributed by atoms with Crippen LogP contribution in [0, 0.1) is 0 Å². The van der Waals surface area contributed by atoms with E-state index in [-0.39, 0.29) is 6.04 Å². The fourth-order valence-electron chi connectivity index (χ4n) is 5.10. The number of amides is 1. The maximum Gasteiger partial charge on any atom is 0.416 e. The van der Waals surface area contributed by atoms with Gasteiger partial charge in [-0.25, -0.2) is 4.79 Å². The van der Waals surface area contributed by atoms with Gasteiger partial charge in [0.25, 0.3) is 0 Å². The van der Waals surface area contributed by atoms with Gasteiger partial charge in [-0.2, -0.15) is 0 Å². The number of ether oxygens (including phenoxy) is 3. The lowest BCUT2D eigenvalue weighted by molar-refractivity contribution is 0.135. The third-order valence-corrected chi connectivity index (χ3v) is 7.66. The number of hydrogen-bond donors (Lipinski definition) is 1. The molecule has 1 atom stereocenters. The van der Waals surface area contributed by atoms with Gasteiger partial charge in [-0.15, -0.1) is 0 Å². The van der Waals surface area contributed by atoms with Crippen LogP contribution in [0.25, 0.3) is 10.9 Å². The van der Waals surface area contributed by atoms with Crippen LogP contribution in [0.3, 0.4) is 0 Å². The zero-order valence-corrected chi connectivity index (χ0v) is 24.2. The number of nitrogens with zero attached hydrogens (tertiary/aromatic N) is 2. The molecule has 0 saturated heterocycles. The molecule has 5 rings (SSSR count). The minimum Gasteiger partial charge on any atom is -0.494 e. The Morgan fingerprint density at radius 1 is 0.975 bits per heavy atom. The van der Waals surface area contributed by atoms with Crippen LogP contribution in [0.1, 0.15) is 29.3 Å². The zero-order chi connectivity index (χ0) is 28.1. The van der Waals surface area contributed by atoms with E-state index in [0.717, 1.165) is 59.6 Å². The van der Waals surface area contributed by atoms with Crippen molar-refractivity contribution < 1.29 is 19.0 Å². The normalized spacial score (nSPS) is 14.9. The summed E-state index contributed by atoms with van der Waals surface area (Å²) < 4.78 is 16.9. The quantitative estimate of drug-likeness (QED) is 0.205. The highest BCUT2D eigenvalue weighted by Crippen LogP contribution is 2.40. The number of carbonyl (C=O) groups is 1.